The van der Waals surface area contributed by atoms with Crippen LogP contribution in [0.25, 0.3) is 0 Å². The summed E-state index contributed by atoms with van der Waals surface area (Å²) in [5.74, 6) is -0.346. The zero-order valence-corrected chi connectivity index (χ0v) is 9.60. The average Bonchev–Trinajstić information content (AvgIpc) is 2.35. The van der Waals surface area contributed by atoms with E-state index in [9.17, 15) is 4.79 Å². The van der Waals surface area contributed by atoms with Crippen LogP contribution in [0.3, 0.4) is 0 Å². The molecule has 0 saturated heterocycles. The van der Waals surface area contributed by atoms with Crippen molar-refractivity contribution in [2.24, 2.45) is 5.73 Å². The van der Waals surface area contributed by atoms with Gasteiger partial charge < -0.3 is 15.2 Å². The standard InChI is InChI=1S/C12H17NO3/c1-15-7-6-11(13)9-4-3-5-10(8-9)12(14)16-2/h3-5,8,11H,6-7,13H2,1-2H3/t11-/m1/s1. The van der Waals surface area contributed by atoms with Gasteiger partial charge in [0.1, 0.15) is 0 Å². The maximum atomic E-state index is 11.3. The van der Waals surface area contributed by atoms with Crippen LogP contribution in [0.15, 0.2) is 24.3 Å². The monoisotopic (exact) mass is 223 g/mol. The van der Waals surface area contributed by atoms with Gasteiger partial charge in [-0.3, -0.25) is 0 Å². The van der Waals surface area contributed by atoms with Crippen molar-refractivity contribution in [3.05, 3.63) is 35.4 Å². The third-order valence-corrected chi connectivity index (χ3v) is 2.37. The quantitative estimate of drug-likeness (QED) is 0.768. The summed E-state index contributed by atoms with van der Waals surface area (Å²) in [4.78, 5) is 11.3. The summed E-state index contributed by atoms with van der Waals surface area (Å²) >= 11 is 0. The first-order chi connectivity index (χ1) is 7.69. The van der Waals surface area contributed by atoms with Gasteiger partial charge in [-0.15, -0.1) is 0 Å². The number of nitrogens with two attached hydrogens (primary N) is 1. The summed E-state index contributed by atoms with van der Waals surface area (Å²) in [5.41, 5.74) is 7.40. The van der Waals surface area contributed by atoms with E-state index in [4.69, 9.17) is 10.5 Å². The molecule has 1 aromatic carbocycles. The first-order valence-electron chi connectivity index (χ1n) is 5.12. The van der Waals surface area contributed by atoms with Gasteiger partial charge in [0.2, 0.25) is 0 Å². The molecule has 0 bridgehead atoms. The minimum atomic E-state index is -0.346. The van der Waals surface area contributed by atoms with Crippen LogP contribution in [0.2, 0.25) is 0 Å². The Labute approximate surface area is 95.3 Å². The zero-order chi connectivity index (χ0) is 12.0. The Morgan fingerprint density at radius 2 is 2.19 bits per heavy atom. The van der Waals surface area contributed by atoms with Crippen LogP contribution in [0.5, 0.6) is 0 Å². The molecule has 0 fully saturated rings. The Bertz CT molecular complexity index is 352. The topological polar surface area (TPSA) is 61.5 Å². The van der Waals surface area contributed by atoms with E-state index in [-0.39, 0.29) is 12.0 Å². The maximum absolute atomic E-state index is 11.3. The van der Waals surface area contributed by atoms with Gasteiger partial charge in [0, 0.05) is 19.8 Å². The van der Waals surface area contributed by atoms with Gasteiger partial charge in [0.25, 0.3) is 0 Å². The predicted molar refractivity (Wildman–Crippen MR) is 61.2 cm³/mol. The minimum Gasteiger partial charge on any atom is -0.465 e. The van der Waals surface area contributed by atoms with E-state index in [2.05, 4.69) is 4.74 Å². The van der Waals surface area contributed by atoms with Crippen molar-refractivity contribution in [1.82, 2.24) is 0 Å². The Morgan fingerprint density at radius 3 is 2.81 bits per heavy atom. The summed E-state index contributed by atoms with van der Waals surface area (Å²) in [5, 5.41) is 0. The highest BCUT2D eigenvalue weighted by Gasteiger charge is 2.10. The first kappa shape index (κ1) is 12.7. The van der Waals surface area contributed by atoms with Gasteiger partial charge in [-0.25, -0.2) is 4.79 Å². The molecule has 1 aromatic rings. The number of esters is 1. The molecule has 0 aliphatic heterocycles. The number of rotatable bonds is 5. The summed E-state index contributed by atoms with van der Waals surface area (Å²) in [6, 6.07) is 7.04. The van der Waals surface area contributed by atoms with Crippen molar-refractivity contribution in [2.45, 2.75) is 12.5 Å². The molecule has 2 N–H and O–H groups in total. The van der Waals surface area contributed by atoms with Gasteiger partial charge in [0.15, 0.2) is 0 Å². The molecule has 4 nitrogen and oxygen atoms in total. The van der Waals surface area contributed by atoms with Crippen molar-refractivity contribution >= 4 is 5.97 Å². The lowest BCUT2D eigenvalue weighted by Gasteiger charge is -2.12. The van der Waals surface area contributed by atoms with Crippen LogP contribution in [0, 0.1) is 0 Å². The van der Waals surface area contributed by atoms with Gasteiger partial charge in [-0.05, 0) is 24.1 Å². The van der Waals surface area contributed by atoms with Crippen molar-refractivity contribution in [3.8, 4) is 0 Å². The van der Waals surface area contributed by atoms with Crippen LogP contribution in [-0.4, -0.2) is 26.8 Å². The Hall–Kier alpha value is -1.39. The fourth-order valence-corrected chi connectivity index (χ4v) is 1.43. The van der Waals surface area contributed by atoms with Crippen molar-refractivity contribution in [3.63, 3.8) is 0 Å². The number of benzene rings is 1. The second kappa shape index (κ2) is 6.25. The lowest BCUT2D eigenvalue weighted by Crippen LogP contribution is -2.13. The largest absolute Gasteiger partial charge is 0.465 e. The Kier molecular flexibility index (Phi) is 4.95. The maximum Gasteiger partial charge on any atom is 0.337 e. The lowest BCUT2D eigenvalue weighted by atomic mass is 10.0. The molecular formula is C12H17NO3. The SMILES string of the molecule is COCC[C@@H](N)c1cccc(C(=O)OC)c1. The highest BCUT2D eigenvalue weighted by Crippen LogP contribution is 2.16. The van der Waals surface area contributed by atoms with E-state index >= 15 is 0 Å². The van der Waals surface area contributed by atoms with Gasteiger partial charge in [-0.2, -0.15) is 0 Å². The molecule has 0 amide bonds. The predicted octanol–water partition coefficient (Wildman–Crippen LogP) is 1.51. The van der Waals surface area contributed by atoms with E-state index in [1.54, 1.807) is 25.3 Å². The number of ether oxygens (including phenoxy) is 2. The molecule has 4 heteroatoms. The average molecular weight is 223 g/mol. The van der Waals surface area contributed by atoms with Crippen LogP contribution in [0.4, 0.5) is 0 Å². The van der Waals surface area contributed by atoms with Crippen LogP contribution in [-0.2, 0) is 9.47 Å². The van der Waals surface area contributed by atoms with Crippen molar-refractivity contribution in [2.75, 3.05) is 20.8 Å². The molecule has 0 unspecified atom stereocenters. The summed E-state index contributed by atoms with van der Waals surface area (Å²) in [6.07, 6.45) is 0.723. The number of hydrogen-bond acceptors (Lipinski definition) is 4. The summed E-state index contributed by atoms with van der Waals surface area (Å²) in [6.45, 7) is 0.601. The lowest BCUT2D eigenvalue weighted by molar-refractivity contribution is 0.0600. The van der Waals surface area contributed by atoms with Crippen molar-refractivity contribution in [1.29, 1.82) is 0 Å². The summed E-state index contributed by atoms with van der Waals surface area (Å²) < 4.78 is 9.61. The molecule has 1 rings (SSSR count). The number of carbonyl (C=O) groups excluding carboxylic acids is 1. The molecule has 0 aliphatic rings. The van der Waals surface area contributed by atoms with E-state index in [0.29, 0.717) is 12.2 Å². The minimum absolute atomic E-state index is 0.121. The van der Waals surface area contributed by atoms with Crippen LogP contribution < -0.4 is 5.73 Å². The van der Waals surface area contributed by atoms with Gasteiger partial charge in [0.05, 0.1) is 12.7 Å². The number of hydrogen-bond donors (Lipinski definition) is 1. The third kappa shape index (κ3) is 3.32. The molecule has 88 valence electrons. The number of methoxy groups -OCH3 is 2. The second-order valence-electron chi connectivity index (χ2n) is 3.51. The molecule has 0 aromatic heterocycles. The van der Waals surface area contributed by atoms with Crippen molar-refractivity contribution < 1.29 is 14.3 Å². The van der Waals surface area contributed by atoms with E-state index in [0.717, 1.165) is 12.0 Å². The van der Waals surface area contributed by atoms with Crippen LogP contribution in [0.1, 0.15) is 28.4 Å². The highest BCUT2D eigenvalue weighted by molar-refractivity contribution is 5.89. The van der Waals surface area contributed by atoms with E-state index < -0.39 is 0 Å². The Balaban J connectivity index is 2.77. The molecule has 0 heterocycles. The van der Waals surface area contributed by atoms with E-state index in [1.807, 2.05) is 6.07 Å². The molecule has 0 spiro atoms. The molecule has 0 saturated carbocycles. The highest BCUT2D eigenvalue weighted by atomic mass is 16.5. The fourth-order valence-electron chi connectivity index (χ4n) is 1.43. The normalized spacial score (nSPS) is 12.2. The summed E-state index contributed by atoms with van der Waals surface area (Å²) in [7, 11) is 3.00. The molecule has 0 aliphatic carbocycles. The first-order valence-corrected chi connectivity index (χ1v) is 5.12. The smallest absolute Gasteiger partial charge is 0.337 e. The molecule has 16 heavy (non-hydrogen) atoms. The van der Waals surface area contributed by atoms with Gasteiger partial charge >= 0.3 is 5.97 Å². The van der Waals surface area contributed by atoms with Crippen LogP contribution >= 0.6 is 0 Å². The Morgan fingerprint density at radius 1 is 1.44 bits per heavy atom. The molecule has 0 radical (unpaired) electrons. The third-order valence-electron chi connectivity index (χ3n) is 2.37. The van der Waals surface area contributed by atoms with E-state index in [1.165, 1.54) is 7.11 Å². The number of carbonyl (C=O) groups is 1. The molecule has 1 atom stereocenters. The molecular weight excluding hydrogens is 206 g/mol. The van der Waals surface area contributed by atoms with Gasteiger partial charge in [-0.1, -0.05) is 12.1 Å². The fraction of sp³-hybridized carbons (Fsp3) is 0.417. The zero-order valence-electron chi connectivity index (χ0n) is 9.60. The second-order valence-corrected chi connectivity index (χ2v) is 3.51.